The molecule has 0 N–H and O–H groups in total. The highest BCUT2D eigenvalue weighted by Crippen LogP contribution is 2.19. The van der Waals surface area contributed by atoms with Gasteiger partial charge in [-0.25, -0.2) is 8.42 Å². The summed E-state index contributed by atoms with van der Waals surface area (Å²) in [4.78, 5) is 12.9. The van der Waals surface area contributed by atoms with Crippen LogP contribution in [0.25, 0.3) is 0 Å². The molecule has 1 aromatic carbocycles. The number of ketones is 1. The summed E-state index contributed by atoms with van der Waals surface area (Å²) in [5, 5.41) is 0. The van der Waals surface area contributed by atoms with Crippen LogP contribution in [0.2, 0.25) is 0 Å². The molecule has 6 heteroatoms. The Morgan fingerprint density at radius 3 is 2.35 bits per heavy atom. The van der Waals surface area contributed by atoms with Crippen LogP contribution in [0.1, 0.15) is 42.0 Å². The summed E-state index contributed by atoms with van der Waals surface area (Å²) in [7, 11) is -2.23. The number of aromatic nitrogens is 1. The third-order valence-corrected chi connectivity index (χ3v) is 6.44. The van der Waals surface area contributed by atoms with Crippen molar-refractivity contribution in [2.45, 2.75) is 45.6 Å². The van der Waals surface area contributed by atoms with Crippen molar-refractivity contribution in [1.29, 1.82) is 0 Å². The van der Waals surface area contributed by atoms with Crippen LogP contribution in [0.5, 0.6) is 0 Å². The van der Waals surface area contributed by atoms with Crippen LogP contribution in [0.15, 0.2) is 41.3 Å². The van der Waals surface area contributed by atoms with Gasteiger partial charge in [0.05, 0.1) is 11.4 Å². The topological polar surface area (TPSA) is 59.4 Å². The van der Waals surface area contributed by atoms with Crippen molar-refractivity contribution < 1.29 is 13.2 Å². The number of carbonyl (C=O) groups excluding carboxylic acids is 1. The van der Waals surface area contributed by atoms with Gasteiger partial charge in [-0.2, -0.15) is 4.31 Å². The molecule has 0 spiro atoms. The number of rotatable bonds is 8. The lowest BCUT2D eigenvalue weighted by atomic mass is 10.1. The van der Waals surface area contributed by atoms with E-state index in [-0.39, 0.29) is 17.2 Å². The van der Waals surface area contributed by atoms with Gasteiger partial charge in [0.1, 0.15) is 0 Å². The van der Waals surface area contributed by atoms with E-state index in [9.17, 15) is 13.2 Å². The second kappa shape index (κ2) is 8.18. The van der Waals surface area contributed by atoms with Crippen LogP contribution in [0, 0.1) is 19.8 Å². The molecule has 0 unspecified atom stereocenters. The summed E-state index contributed by atoms with van der Waals surface area (Å²) in [6.45, 7) is 8.93. The molecular formula is C20H28N2O3S. The van der Waals surface area contributed by atoms with Crippen LogP contribution in [0.4, 0.5) is 0 Å². The number of Topliss-reactive ketones (excluding diaryl/α,β-unsaturated/α-hetero) is 1. The van der Waals surface area contributed by atoms with Crippen LogP contribution in [-0.2, 0) is 16.6 Å². The molecular weight excluding hydrogens is 348 g/mol. The third-order valence-electron chi connectivity index (χ3n) is 4.62. The number of hydrogen-bond acceptors (Lipinski definition) is 3. The molecule has 0 bridgehead atoms. The second-order valence-corrected chi connectivity index (χ2v) is 9.16. The van der Waals surface area contributed by atoms with Gasteiger partial charge in [0.25, 0.3) is 0 Å². The van der Waals surface area contributed by atoms with E-state index in [0.717, 1.165) is 28.7 Å². The standard InChI is InChI=1S/C20H28N2O3S/c1-15(2)11-12-22-16(3)13-19(17(22)4)20(23)14-21(5)26(24,25)18-9-7-6-8-10-18/h6-10,13,15H,11-12,14H2,1-5H3. The molecule has 0 fully saturated rings. The summed E-state index contributed by atoms with van der Waals surface area (Å²) >= 11 is 0. The van der Waals surface area contributed by atoms with E-state index in [1.54, 1.807) is 18.2 Å². The predicted molar refractivity (Wildman–Crippen MR) is 104 cm³/mol. The first-order chi connectivity index (χ1) is 12.1. The number of hydrogen-bond donors (Lipinski definition) is 0. The van der Waals surface area contributed by atoms with Crippen LogP contribution in [0.3, 0.4) is 0 Å². The first kappa shape index (κ1) is 20.4. The van der Waals surface area contributed by atoms with Crippen molar-refractivity contribution in [3.05, 3.63) is 53.3 Å². The van der Waals surface area contributed by atoms with Crippen molar-refractivity contribution in [3.63, 3.8) is 0 Å². The highest BCUT2D eigenvalue weighted by molar-refractivity contribution is 7.89. The summed E-state index contributed by atoms with van der Waals surface area (Å²) < 4.78 is 28.5. The minimum Gasteiger partial charge on any atom is -0.348 e. The lowest BCUT2D eigenvalue weighted by Crippen LogP contribution is -2.32. The minimum absolute atomic E-state index is 0.175. The molecule has 0 aliphatic heterocycles. The van der Waals surface area contributed by atoms with Gasteiger partial charge in [-0.1, -0.05) is 32.0 Å². The number of likely N-dealkylation sites (N-methyl/N-ethyl adjacent to an activating group) is 1. The van der Waals surface area contributed by atoms with Crippen LogP contribution < -0.4 is 0 Å². The molecule has 0 aliphatic carbocycles. The largest absolute Gasteiger partial charge is 0.348 e. The third kappa shape index (κ3) is 4.43. The fraction of sp³-hybridized carbons (Fsp3) is 0.450. The molecule has 0 amide bonds. The van der Waals surface area contributed by atoms with E-state index in [4.69, 9.17) is 0 Å². The molecule has 2 rings (SSSR count). The van der Waals surface area contributed by atoms with E-state index >= 15 is 0 Å². The molecule has 142 valence electrons. The maximum atomic E-state index is 12.7. The lowest BCUT2D eigenvalue weighted by molar-refractivity contribution is 0.0972. The number of benzene rings is 1. The Morgan fingerprint density at radius 2 is 1.77 bits per heavy atom. The molecule has 0 radical (unpaired) electrons. The Kier molecular flexibility index (Phi) is 6.42. The summed E-state index contributed by atoms with van der Waals surface area (Å²) in [5.74, 6) is 0.397. The molecule has 0 saturated carbocycles. The minimum atomic E-state index is -3.67. The lowest BCUT2D eigenvalue weighted by Gasteiger charge is -2.16. The van der Waals surface area contributed by atoms with Gasteiger partial charge < -0.3 is 4.57 Å². The molecule has 2 aromatic rings. The Morgan fingerprint density at radius 1 is 1.15 bits per heavy atom. The highest BCUT2D eigenvalue weighted by atomic mass is 32.2. The fourth-order valence-corrected chi connectivity index (χ4v) is 4.11. The summed E-state index contributed by atoms with van der Waals surface area (Å²) in [6.07, 6.45) is 1.03. The molecule has 1 aromatic heterocycles. The van der Waals surface area contributed by atoms with E-state index in [1.165, 1.54) is 19.2 Å². The van der Waals surface area contributed by atoms with Crippen LogP contribution >= 0.6 is 0 Å². The smallest absolute Gasteiger partial charge is 0.243 e. The summed E-state index contributed by atoms with van der Waals surface area (Å²) in [5.41, 5.74) is 2.53. The second-order valence-electron chi connectivity index (χ2n) is 7.12. The van der Waals surface area contributed by atoms with Crippen molar-refractivity contribution in [2.75, 3.05) is 13.6 Å². The van der Waals surface area contributed by atoms with E-state index in [0.29, 0.717) is 11.5 Å². The number of nitrogens with zero attached hydrogens (tertiary/aromatic N) is 2. The van der Waals surface area contributed by atoms with E-state index < -0.39 is 10.0 Å². The first-order valence-corrected chi connectivity index (χ1v) is 10.3. The maximum Gasteiger partial charge on any atom is 0.243 e. The number of aryl methyl sites for hydroxylation is 1. The van der Waals surface area contributed by atoms with Gasteiger partial charge in [0.15, 0.2) is 5.78 Å². The SMILES string of the molecule is Cc1cc(C(=O)CN(C)S(=O)(=O)c2ccccc2)c(C)n1CCC(C)C. The monoisotopic (exact) mass is 376 g/mol. The highest BCUT2D eigenvalue weighted by Gasteiger charge is 2.25. The Balaban J connectivity index is 2.19. The fourth-order valence-electron chi connectivity index (χ4n) is 2.96. The molecule has 0 atom stereocenters. The molecule has 26 heavy (non-hydrogen) atoms. The van der Waals surface area contributed by atoms with Crippen molar-refractivity contribution in [1.82, 2.24) is 8.87 Å². The molecule has 1 heterocycles. The first-order valence-electron chi connectivity index (χ1n) is 8.86. The van der Waals surface area contributed by atoms with Gasteiger partial charge in [0.2, 0.25) is 10.0 Å². The number of sulfonamides is 1. The van der Waals surface area contributed by atoms with E-state index in [2.05, 4.69) is 18.4 Å². The predicted octanol–water partition coefficient (Wildman–Crippen LogP) is 3.65. The van der Waals surface area contributed by atoms with Gasteiger partial charge in [-0.3, -0.25) is 4.79 Å². The zero-order chi connectivity index (χ0) is 19.5. The zero-order valence-corrected chi connectivity index (χ0v) is 17.0. The molecule has 5 nitrogen and oxygen atoms in total. The maximum absolute atomic E-state index is 12.7. The Labute approximate surface area is 156 Å². The Hall–Kier alpha value is -1.92. The van der Waals surface area contributed by atoms with E-state index in [1.807, 2.05) is 19.9 Å². The van der Waals surface area contributed by atoms with Gasteiger partial charge in [-0.15, -0.1) is 0 Å². The van der Waals surface area contributed by atoms with Gasteiger partial charge in [-0.05, 0) is 44.4 Å². The van der Waals surface area contributed by atoms with Crippen molar-refractivity contribution >= 4 is 15.8 Å². The normalized spacial score (nSPS) is 12.1. The summed E-state index contributed by atoms with van der Waals surface area (Å²) in [6, 6.07) is 10.0. The van der Waals surface area contributed by atoms with Gasteiger partial charge >= 0.3 is 0 Å². The average Bonchev–Trinajstić information content (AvgIpc) is 2.88. The van der Waals surface area contributed by atoms with Gasteiger partial charge in [0, 0.05) is 30.5 Å². The van der Waals surface area contributed by atoms with Crippen molar-refractivity contribution in [3.8, 4) is 0 Å². The number of carbonyl (C=O) groups is 1. The quantitative estimate of drug-likeness (QED) is 0.661. The zero-order valence-electron chi connectivity index (χ0n) is 16.2. The van der Waals surface area contributed by atoms with Crippen LogP contribution in [-0.4, -0.2) is 36.7 Å². The Bertz CT molecular complexity index is 868. The average molecular weight is 377 g/mol. The molecule has 0 aliphatic rings. The molecule has 0 saturated heterocycles. The van der Waals surface area contributed by atoms with Crippen molar-refractivity contribution in [2.24, 2.45) is 5.92 Å².